The van der Waals surface area contributed by atoms with Crippen LogP contribution >= 0.6 is 0 Å². The van der Waals surface area contributed by atoms with Crippen molar-refractivity contribution in [2.75, 3.05) is 30.0 Å². The molecule has 2 fully saturated rings. The van der Waals surface area contributed by atoms with Crippen LogP contribution in [0.3, 0.4) is 0 Å². The van der Waals surface area contributed by atoms with E-state index < -0.39 is 0 Å². The second-order valence-corrected chi connectivity index (χ2v) is 5.58. The van der Waals surface area contributed by atoms with Crippen molar-refractivity contribution in [3.05, 3.63) is 24.3 Å². The minimum Gasteiger partial charge on any atom is -0.381 e. The van der Waals surface area contributed by atoms with Crippen molar-refractivity contribution in [1.82, 2.24) is 0 Å². The van der Waals surface area contributed by atoms with Crippen molar-refractivity contribution in [3.63, 3.8) is 0 Å². The standard InChI is InChI=1S/C16H20N2O3/c19-15-5-2-8-18(15)14-4-1-3-13(11-14)17-16(20)12-6-9-21-10-7-12/h1,3-4,11-12H,2,5-10H2,(H,17,20). The fourth-order valence-electron chi connectivity index (χ4n) is 2.88. The van der Waals surface area contributed by atoms with Crippen LogP contribution in [0.1, 0.15) is 25.7 Å². The van der Waals surface area contributed by atoms with Crippen molar-refractivity contribution < 1.29 is 14.3 Å². The van der Waals surface area contributed by atoms with Crippen LogP contribution in [-0.2, 0) is 14.3 Å². The van der Waals surface area contributed by atoms with Gasteiger partial charge in [-0.3, -0.25) is 9.59 Å². The first kappa shape index (κ1) is 14.1. The number of carbonyl (C=O) groups is 2. The monoisotopic (exact) mass is 288 g/mol. The van der Waals surface area contributed by atoms with Crippen molar-refractivity contribution in [2.24, 2.45) is 5.92 Å². The zero-order valence-electron chi connectivity index (χ0n) is 12.0. The minimum atomic E-state index is 0.0239. The molecule has 0 spiro atoms. The Labute approximate surface area is 124 Å². The molecule has 2 aliphatic rings. The van der Waals surface area contributed by atoms with Gasteiger partial charge in [0.05, 0.1) is 0 Å². The van der Waals surface area contributed by atoms with E-state index >= 15 is 0 Å². The lowest BCUT2D eigenvalue weighted by Gasteiger charge is -2.22. The molecule has 0 unspecified atom stereocenters. The molecule has 21 heavy (non-hydrogen) atoms. The van der Waals surface area contributed by atoms with Crippen molar-refractivity contribution in [1.29, 1.82) is 0 Å². The van der Waals surface area contributed by atoms with Gasteiger partial charge in [-0.1, -0.05) is 6.07 Å². The Morgan fingerprint density at radius 3 is 2.81 bits per heavy atom. The number of amides is 2. The molecule has 0 radical (unpaired) electrons. The molecule has 3 rings (SSSR count). The number of carbonyl (C=O) groups excluding carboxylic acids is 2. The molecule has 0 saturated carbocycles. The van der Waals surface area contributed by atoms with Crippen LogP contribution in [0.2, 0.25) is 0 Å². The van der Waals surface area contributed by atoms with Crippen LogP contribution in [0.4, 0.5) is 11.4 Å². The maximum atomic E-state index is 12.2. The van der Waals surface area contributed by atoms with Crippen molar-refractivity contribution >= 4 is 23.2 Å². The molecule has 0 bridgehead atoms. The number of nitrogens with one attached hydrogen (secondary N) is 1. The summed E-state index contributed by atoms with van der Waals surface area (Å²) in [6, 6.07) is 7.52. The molecule has 5 nitrogen and oxygen atoms in total. The third-order valence-electron chi connectivity index (χ3n) is 4.09. The van der Waals surface area contributed by atoms with Crippen LogP contribution in [0.25, 0.3) is 0 Å². The Balaban J connectivity index is 1.68. The molecule has 1 aromatic rings. The van der Waals surface area contributed by atoms with Gasteiger partial charge in [-0.05, 0) is 37.5 Å². The summed E-state index contributed by atoms with van der Waals surface area (Å²) < 4.78 is 5.27. The van der Waals surface area contributed by atoms with E-state index in [2.05, 4.69) is 5.32 Å². The summed E-state index contributed by atoms with van der Waals surface area (Å²) in [4.78, 5) is 25.8. The van der Waals surface area contributed by atoms with Gasteiger partial charge in [0.1, 0.15) is 0 Å². The summed E-state index contributed by atoms with van der Waals surface area (Å²) in [6.45, 7) is 2.07. The summed E-state index contributed by atoms with van der Waals surface area (Å²) in [6.07, 6.45) is 3.06. The number of hydrogen-bond acceptors (Lipinski definition) is 3. The lowest BCUT2D eigenvalue weighted by Crippen LogP contribution is -2.28. The first-order valence-electron chi connectivity index (χ1n) is 7.53. The molecule has 2 aliphatic heterocycles. The first-order valence-corrected chi connectivity index (χ1v) is 7.53. The second-order valence-electron chi connectivity index (χ2n) is 5.58. The van der Waals surface area contributed by atoms with Gasteiger partial charge in [0.15, 0.2) is 0 Å². The number of ether oxygens (including phenoxy) is 1. The molecule has 2 saturated heterocycles. The van der Waals surface area contributed by atoms with Gasteiger partial charge in [0.25, 0.3) is 0 Å². The second kappa shape index (κ2) is 6.26. The SMILES string of the molecule is O=C(Nc1cccc(N2CCCC2=O)c1)C1CCOCC1. The average molecular weight is 288 g/mol. The molecule has 112 valence electrons. The third-order valence-corrected chi connectivity index (χ3v) is 4.09. The summed E-state index contributed by atoms with van der Waals surface area (Å²) >= 11 is 0. The Hall–Kier alpha value is -1.88. The van der Waals surface area contributed by atoms with Gasteiger partial charge in [-0.15, -0.1) is 0 Å². The molecule has 2 heterocycles. The highest BCUT2D eigenvalue weighted by atomic mass is 16.5. The van der Waals surface area contributed by atoms with Gasteiger partial charge in [-0.2, -0.15) is 0 Å². The zero-order valence-corrected chi connectivity index (χ0v) is 12.0. The molecular formula is C16H20N2O3. The fourth-order valence-corrected chi connectivity index (χ4v) is 2.88. The largest absolute Gasteiger partial charge is 0.381 e. The summed E-state index contributed by atoms with van der Waals surface area (Å²) in [5.74, 6) is 0.224. The summed E-state index contributed by atoms with van der Waals surface area (Å²) in [7, 11) is 0. The van der Waals surface area contributed by atoms with Crippen LogP contribution < -0.4 is 10.2 Å². The van der Waals surface area contributed by atoms with E-state index in [4.69, 9.17) is 4.74 Å². The highest BCUT2D eigenvalue weighted by Crippen LogP contribution is 2.25. The maximum Gasteiger partial charge on any atom is 0.227 e. The lowest BCUT2D eigenvalue weighted by atomic mass is 9.99. The van der Waals surface area contributed by atoms with Gasteiger partial charge in [-0.25, -0.2) is 0 Å². The average Bonchev–Trinajstić information content (AvgIpc) is 2.94. The van der Waals surface area contributed by atoms with E-state index in [0.717, 1.165) is 37.2 Å². The Bertz CT molecular complexity index is 538. The van der Waals surface area contributed by atoms with E-state index in [-0.39, 0.29) is 17.7 Å². The van der Waals surface area contributed by atoms with Crippen LogP contribution in [-0.4, -0.2) is 31.6 Å². The number of benzene rings is 1. The molecule has 5 heteroatoms. The first-order chi connectivity index (χ1) is 10.2. The molecule has 1 aromatic carbocycles. The quantitative estimate of drug-likeness (QED) is 0.927. The summed E-state index contributed by atoms with van der Waals surface area (Å²) in [5.41, 5.74) is 1.62. The highest BCUT2D eigenvalue weighted by molar-refractivity contribution is 5.97. The Morgan fingerprint density at radius 2 is 2.10 bits per heavy atom. The zero-order chi connectivity index (χ0) is 14.7. The maximum absolute atomic E-state index is 12.2. The van der Waals surface area contributed by atoms with Crippen LogP contribution in [0, 0.1) is 5.92 Å². The molecule has 0 atom stereocenters. The van der Waals surface area contributed by atoms with E-state index in [1.807, 2.05) is 24.3 Å². The number of hydrogen-bond donors (Lipinski definition) is 1. The predicted octanol–water partition coefficient (Wildman–Crippen LogP) is 2.18. The van der Waals surface area contributed by atoms with Gasteiger partial charge < -0.3 is 15.0 Å². The number of anilines is 2. The highest BCUT2D eigenvalue weighted by Gasteiger charge is 2.23. The smallest absolute Gasteiger partial charge is 0.227 e. The van der Waals surface area contributed by atoms with Crippen molar-refractivity contribution in [3.8, 4) is 0 Å². The Kier molecular flexibility index (Phi) is 4.20. The molecule has 0 aromatic heterocycles. The summed E-state index contributed by atoms with van der Waals surface area (Å²) in [5, 5.41) is 2.96. The fraction of sp³-hybridized carbons (Fsp3) is 0.500. The van der Waals surface area contributed by atoms with Crippen LogP contribution in [0.15, 0.2) is 24.3 Å². The lowest BCUT2D eigenvalue weighted by molar-refractivity contribution is -0.122. The predicted molar refractivity (Wildman–Crippen MR) is 80.2 cm³/mol. The van der Waals surface area contributed by atoms with Crippen LogP contribution in [0.5, 0.6) is 0 Å². The molecule has 0 aliphatic carbocycles. The normalized spacial score (nSPS) is 19.8. The van der Waals surface area contributed by atoms with E-state index in [9.17, 15) is 9.59 Å². The number of nitrogens with zero attached hydrogens (tertiary/aromatic N) is 1. The van der Waals surface area contributed by atoms with E-state index in [1.165, 1.54) is 0 Å². The molecule has 2 amide bonds. The van der Waals surface area contributed by atoms with Gasteiger partial charge >= 0.3 is 0 Å². The van der Waals surface area contributed by atoms with E-state index in [0.29, 0.717) is 19.6 Å². The molecule has 1 N–H and O–H groups in total. The van der Waals surface area contributed by atoms with Gasteiger partial charge in [0.2, 0.25) is 11.8 Å². The van der Waals surface area contributed by atoms with Gasteiger partial charge in [0, 0.05) is 43.5 Å². The minimum absolute atomic E-state index is 0.0239. The topological polar surface area (TPSA) is 58.6 Å². The Morgan fingerprint density at radius 1 is 1.29 bits per heavy atom. The van der Waals surface area contributed by atoms with E-state index in [1.54, 1.807) is 4.90 Å². The number of rotatable bonds is 3. The third kappa shape index (κ3) is 3.24. The molecular weight excluding hydrogens is 268 g/mol. The van der Waals surface area contributed by atoms with Crippen molar-refractivity contribution in [2.45, 2.75) is 25.7 Å².